The number of H-pyrrole nitrogens is 1. The minimum absolute atomic E-state index is 0.114. The molecule has 248 valence electrons. The smallest absolute Gasteiger partial charge is 0.407 e. The number of hydrogen-bond acceptors (Lipinski definition) is 9. The minimum atomic E-state index is -0.437. The molecule has 0 radical (unpaired) electrons. The van der Waals surface area contributed by atoms with Crippen molar-refractivity contribution in [2.45, 2.75) is 59.3 Å². The maximum Gasteiger partial charge on any atom is 0.407 e. The molecule has 0 aliphatic rings. The van der Waals surface area contributed by atoms with Gasteiger partial charge in [0.2, 0.25) is 5.95 Å². The molecule has 0 atom stereocenters. The van der Waals surface area contributed by atoms with Crippen molar-refractivity contribution in [2.75, 3.05) is 49.6 Å². The lowest BCUT2D eigenvalue weighted by molar-refractivity contribution is 0.148. The third-order valence-corrected chi connectivity index (χ3v) is 6.84. The van der Waals surface area contributed by atoms with Crippen LogP contribution >= 0.6 is 0 Å². The third-order valence-electron chi connectivity index (χ3n) is 6.84. The van der Waals surface area contributed by atoms with Crippen LogP contribution < -0.4 is 31.1 Å². The van der Waals surface area contributed by atoms with E-state index in [2.05, 4.69) is 54.9 Å². The van der Waals surface area contributed by atoms with Gasteiger partial charge in [0.05, 0.1) is 24.5 Å². The molecule has 0 aliphatic carbocycles. The fourth-order valence-corrected chi connectivity index (χ4v) is 4.34. The van der Waals surface area contributed by atoms with Gasteiger partial charge < -0.3 is 30.0 Å². The molecule has 3 aromatic rings. The molecule has 3 amide bonds. The Morgan fingerprint density at radius 1 is 0.870 bits per heavy atom. The van der Waals surface area contributed by atoms with Gasteiger partial charge in [0.1, 0.15) is 12.4 Å². The Morgan fingerprint density at radius 2 is 1.52 bits per heavy atom. The number of aryl methyl sites for hydroxylation is 1. The van der Waals surface area contributed by atoms with Crippen molar-refractivity contribution in [1.29, 1.82) is 0 Å². The lowest BCUT2D eigenvalue weighted by atomic mass is 10.2. The van der Waals surface area contributed by atoms with Gasteiger partial charge in [-0.05, 0) is 81.6 Å². The van der Waals surface area contributed by atoms with E-state index in [1.165, 1.54) is 6.07 Å². The summed E-state index contributed by atoms with van der Waals surface area (Å²) in [6.45, 7) is 9.20. The van der Waals surface area contributed by atoms with Crippen molar-refractivity contribution in [2.24, 2.45) is 10.2 Å². The van der Waals surface area contributed by atoms with E-state index >= 15 is 0 Å². The number of alkyl carbamates (subject to hydrolysis) is 1. The number of aromatic amines is 1. The number of rotatable bonds is 19. The lowest BCUT2D eigenvalue weighted by Crippen LogP contribution is -2.31. The van der Waals surface area contributed by atoms with E-state index in [0.29, 0.717) is 31.9 Å². The number of aromatic nitrogens is 2. The molecule has 0 aliphatic heterocycles. The molecule has 13 heteroatoms. The van der Waals surface area contributed by atoms with Gasteiger partial charge in [-0.1, -0.05) is 26.2 Å². The molecule has 1 heterocycles. The quantitative estimate of drug-likeness (QED) is 0.0852. The predicted octanol–water partition coefficient (Wildman–Crippen LogP) is 6.61. The molecule has 4 N–H and O–H groups in total. The highest BCUT2D eigenvalue weighted by molar-refractivity contribution is 5.87. The fourth-order valence-electron chi connectivity index (χ4n) is 4.34. The Balaban J connectivity index is 1.24. The third kappa shape index (κ3) is 13.8. The summed E-state index contributed by atoms with van der Waals surface area (Å²) < 4.78 is 11.0. The summed E-state index contributed by atoms with van der Waals surface area (Å²) in [6.07, 6.45) is 5.08. The Hall–Kier alpha value is -4.94. The second kappa shape index (κ2) is 20.2. The predicted molar refractivity (Wildman–Crippen MR) is 180 cm³/mol. The average molecular weight is 635 g/mol. The van der Waals surface area contributed by atoms with Crippen molar-refractivity contribution in [1.82, 2.24) is 20.6 Å². The molecular formula is C33H46N8O5. The van der Waals surface area contributed by atoms with Crippen LogP contribution in [0.1, 0.15) is 58.1 Å². The summed E-state index contributed by atoms with van der Waals surface area (Å²) in [5.41, 5.74) is 2.71. The number of nitrogens with zero attached hydrogens (tertiary/aromatic N) is 4. The topological polar surface area (TPSA) is 162 Å². The van der Waals surface area contributed by atoms with E-state index in [-0.39, 0.29) is 12.6 Å². The highest BCUT2D eigenvalue weighted by Gasteiger charge is 2.08. The first-order chi connectivity index (χ1) is 22.4. The molecule has 0 spiro atoms. The van der Waals surface area contributed by atoms with Crippen LogP contribution in [-0.2, 0) is 4.74 Å². The molecule has 3 rings (SSSR count). The number of likely N-dealkylation sites (N-methyl/N-ethyl adjacent to an activating group) is 1. The van der Waals surface area contributed by atoms with E-state index in [9.17, 15) is 14.4 Å². The Kier molecular flexibility index (Phi) is 15.6. The number of azo groups is 1. The van der Waals surface area contributed by atoms with Gasteiger partial charge in [-0.15, -0.1) is 0 Å². The Bertz CT molecular complexity index is 1430. The Labute approximate surface area is 270 Å². The SMILES string of the molecule is CCCCOc1ccc(/N=N/c2ccc(N(CC)CCOC(=O)NCCCCCCNC(=O)Nc3nc(=O)cc(C)[nH]3)cc2)cc1. The van der Waals surface area contributed by atoms with Crippen LogP contribution in [0.25, 0.3) is 0 Å². The summed E-state index contributed by atoms with van der Waals surface area (Å²) in [4.78, 5) is 44.1. The van der Waals surface area contributed by atoms with E-state index < -0.39 is 17.7 Å². The number of anilines is 2. The summed E-state index contributed by atoms with van der Waals surface area (Å²) in [5.74, 6) is 0.945. The van der Waals surface area contributed by atoms with Crippen LogP contribution in [0.5, 0.6) is 5.75 Å². The van der Waals surface area contributed by atoms with Crippen LogP contribution in [0.3, 0.4) is 0 Å². The zero-order valence-corrected chi connectivity index (χ0v) is 27.0. The first-order valence-corrected chi connectivity index (χ1v) is 15.9. The zero-order valence-electron chi connectivity index (χ0n) is 27.0. The van der Waals surface area contributed by atoms with Crippen LogP contribution in [0.15, 0.2) is 69.6 Å². The van der Waals surface area contributed by atoms with Crippen LogP contribution in [0.4, 0.5) is 32.6 Å². The first-order valence-electron chi connectivity index (χ1n) is 15.9. The highest BCUT2D eigenvalue weighted by atomic mass is 16.5. The maximum atomic E-state index is 12.1. The van der Waals surface area contributed by atoms with Crippen LogP contribution in [0.2, 0.25) is 0 Å². The summed E-state index contributed by atoms with van der Waals surface area (Å²) in [5, 5.41) is 16.7. The maximum absolute atomic E-state index is 12.1. The van der Waals surface area contributed by atoms with Crippen molar-refractivity contribution in [3.63, 3.8) is 0 Å². The molecule has 1 aromatic heterocycles. The second-order valence-corrected chi connectivity index (χ2v) is 10.6. The number of ether oxygens (including phenoxy) is 2. The summed E-state index contributed by atoms with van der Waals surface area (Å²) >= 11 is 0. The number of carbonyl (C=O) groups excluding carboxylic acids is 2. The van der Waals surface area contributed by atoms with Crippen molar-refractivity contribution in [3.8, 4) is 5.75 Å². The monoisotopic (exact) mass is 634 g/mol. The summed E-state index contributed by atoms with van der Waals surface area (Å²) in [7, 11) is 0. The molecule has 0 saturated carbocycles. The molecule has 2 aromatic carbocycles. The molecule has 46 heavy (non-hydrogen) atoms. The van der Waals surface area contributed by atoms with Gasteiger partial charge in [0.25, 0.3) is 5.56 Å². The van der Waals surface area contributed by atoms with E-state index in [0.717, 1.165) is 67.9 Å². The number of nitrogens with one attached hydrogen (secondary N) is 4. The highest BCUT2D eigenvalue weighted by Crippen LogP contribution is 2.24. The second-order valence-electron chi connectivity index (χ2n) is 10.6. The molecule has 0 fully saturated rings. The van der Waals surface area contributed by atoms with Gasteiger partial charge >= 0.3 is 12.1 Å². The molecular weight excluding hydrogens is 588 g/mol. The van der Waals surface area contributed by atoms with Gasteiger partial charge in [-0.25, -0.2) is 9.59 Å². The average Bonchev–Trinajstić information content (AvgIpc) is 3.04. The van der Waals surface area contributed by atoms with Crippen molar-refractivity contribution < 1.29 is 19.1 Å². The van der Waals surface area contributed by atoms with Crippen molar-refractivity contribution in [3.05, 3.63) is 70.6 Å². The number of carbonyl (C=O) groups is 2. The van der Waals surface area contributed by atoms with Gasteiger partial charge in [-0.3, -0.25) is 10.1 Å². The largest absolute Gasteiger partial charge is 0.494 e. The van der Waals surface area contributed by atoms with Gasteiger partial charge in [0.15, 0.2) is 0 Å². The number of benzene rings is 2. The number of hydrogen-bond donors (Lipinski definition) is 4. The number of unbranched alkanes of at least 4 members (excludes halogenated alkanes) is 4. The van der Waals surface area contributed by atoms with Crippen molar-refractivity contribution >= 4 is 35.1 Å². The van der Waals surface area contributed by atoms with Crippen LogP contribution in [0, 0.1) is 6.92 Å². The zero-order chi connectivity index (χ0) is 33.0. The fraction of sp³-hybridized carbons (Fsp3) is 0.455. The molecule has 0 bridgehead atoms. The van der Waals surface area contributed by atoms with E-state index in [1.807, 2.05) is 48.5 Å². The van der Waals surface area contributed by atoms with E-state index in [4.69, 9.17) is 9.47 Å². The molecule has 13 nitrogen and oxygen atoms in total. The standard InChI is InChI=1S/C33H46N8O5/c1-4-6-22-45-29-17-13-27(14-18-29)40-39-26-11-15-28(16-12-26)41(5-2)21-23-46-33(44)35-20-10-8-7-9-19-34-32(43)38-31-36-25(3)24-30(42)37-31/h11-18,24H,4-10,19-23H2,1-3H3,(H,35,44)(H3,34,36,37,38,42,43)/b40-39+. The Morgan fingerprint density at radius 3 is 2.15 bits per heavy atom. The lowest BCUT2D eigenvalue weighted by Gasteiger charge is -2.23. The first kappa shape index (κ1) is 35.5. The number of amides is 3. The molecule has 0 saturated heterocycles. The van der Waals surface area contributed by atoms with E-state index in [1.54, 1.807) is 6.92 Å². The normalized spacial score (nSPS) is 10.8. The van der Waals surface area contributed by atoms with Crippen LogP contribution in [-0.4, -0.2) is 61.5 Å². The van der Waals surface area contributed by atoms with Gasteiger partial charge in [-0.2, -0.15) is 15.2 Å². The number of urea groups is 1. The summed E-state index contributed by atoms with van der Waals surface area (Å²) in [6, 6.07) is 16.3. The minimum Gasteiger partial charge on any atom is -0.494 e. The van der Waals surface area contributed by atoms with Gasteiger partial charge in [0, 0.05) is 37.1 Å². The molecule has 0 unspecified atom stereocenters.